The van der Waals surface area contributed by atoms with Crippen molar-refractivity contribution in [2.45, 2.75) is 19.6 Å². The molecule has 1 saturated heterocycles. The van der Waals surface area contributed by atoms with Crippen molar-refractivity contribution in [3.05, 3.63) is 52.0 Å². The molecule has 0 aromatic carbocycles. The van der Waals surface area contributed by atoms with E-state index in [1.807, 2.05) is 18.3 Å². The molecule has 0 bridgehead atoms. The van der Waals surface area contributed by atoms with Crippen LogP contribution >= 0.6 is 11.3 Å². The maximum atomic E-state index is 11.4. The fraction of sp³-hybridized carbons (Fsp3) is 0.375. The van der Waals surface area contributed by atoms with E-state index in [-0.39, 0.29) is 11.9 Å². The van der Waals surface area contributed by atoms with Crippen LogP contribution in [0.25, 0.3) is 0 Å². The SMILES string of the molecule is CC(=O)c1cc(CN2CCO[C@@H](c3cccnc3)C2)cs1. The van der Waals surface area contributed by atoms with Crippen LogP contribution in [0.15, 0.2) is 36.0 Å². The van der Waals surface area contributed by atoms with E-state index in [1.54, 1.807) is 13.1 Å². The number of carbonyl (C=O) groups is 1. The van der Waals surface area contributed by atoms with Crippen LogP contribution in [0.1, 0.15) is 33.8 Å². The maximum absolute atomic E-state index is 11.4. The molecular weight excluding hydrogens is 284 g/mol. The highest BCUT2D eigenvalue weighted by Gasteiger charge is 2.22. The fourth-order valence-electron chi connectivity index (χ4n) is 2.52. The number of pyridine rings is 1. The van der Waals surface area contributed by atoms with Crippen LogP contribution in [-0.2, 0) is 11.3 Å². The Kier molecular flexibility index (Phi) is 4.43. The van der Waals surface area contributed by atoms with Crippen molar-refractivity contribution in [3.63, 3.8) is 0 Å². The third-order valence-electron chi connectivity index (χ3n) is 3.61. The number of hydrogen-bond donors (Lipinski definition) is 0. The molecule has 1 aliphatic rings. The summed E-state index contributed by atoms with van der Waals surface area (Å²) in [4.78, 5) is 18.7. The standard InChI is InChI=1S/C16H18N2O2S/c1-12(19)16-7-13(11-21-16)9-18-5-6-20-15(10-18)14-3-2-4-17-8-14/h2-4,7-8,11,15H,5-6,9-10H2,1H3/t15-/m1/s1. The minimum absolute atomic E-state index is 0.0818. The Balaban J connectivity index is 1.64. The number of nitrogens with zero attached hydrogens (tertiary/aromatic N) is 2. The van der Waals surface area contributed by atoms with Crippen LogP contribution in [0.2, 0.25) is 0 Å². The summed E-state index contributed by atoms with van der Waals surface area (Å²) in [7, 11) is 0. The summed E-state index contributed by atoms with van der Waals surface area (Å²) in [5, 5.41) is 2.07. The zero-order valence-electron chi connectivity index (χ0n) is 12.0. The lowest BCUT2D eigenvalue weighted by molar-refractivity contribution is -0.0330. The summed E-state index contributed by atoms with van der Waals surface area (Å²) in [6.45, 7) is 4.98. The monoisotopic (exact) mass is 302 g/mol. The molecular formula is C16H18N2O2S. The first-order chi connectivity index (χ1) is 10.2. The van der Waals surface area contributed by atoms with Crippen molar-refractivity contribution < 1.29 is 9.53 Å². The van der Waals surface area contributed by atoms with E-state index >= 15 is 0 Å². The zero-order valence-corrected chi connectivity index (χ0v) is 12.8. The van der Waals surface area contributed by atoms with Gasteiger partial charge in [-0.1, -0.05) is 6.07 Å². The van der Waals surface area contributed by atoms with E-state index in [9.17, 15) is 4.79 Å². The number of Topliss-reactive ketones (excluding diaryl/α,β-unsaturated/α-hetero) is 1. The molecule has 0 saturated carbocycles. The summed E-state index contributed by atoms with van der Waals surface area (Å²) in [5.74, 6) is 0.140. The predicted octanol–water partition coefficient (Wildman–Crippen LogP) is 2.92. The Bertz CT molecular complexity index is 612. The van der Waals surface area contributed by atoms with Crippen molar-refractivity contribution in [2.24, 2.45) is 0 Å². The van der Waals surface area contributed by atoms with Crippen LogP contribution in [0.4, 0.5) is 0 Å². The second kappa shape index (κ2) is 6.47. The Labute approximate surface area is 128 Å². The van der Waals surface area contributed by atoms with Crippen LogP contribution in [0.5, 0.6) is 0 Å². The Morgan fingerprint density at radius 3 is 3.19 bits per heavy atom. The molecule has 1 aliphatic heterocycles. The molecule has 0 aliphatic carbocycles. The lowest BCUT2D eigenvalue weighted by Crippen LogP contribution is -2.37. The molecule has 0 N–H and O–H groups in total. The number of carbonyl (C=O) groups excluding carboxylic acids is 1. The second-order valence-electron chi connectivity index (χ2n) is 5.26. The minimum atomic E-state index is 0.0818. The van der Waals surface area contributed by atoms with Crippen LogP contribution in [-0.4, -0.2) is 35.4 Å². The number of aromatic nitrogens is 1. The van der Waals surface area contributed by atoms with E-state index in [2.05, 4.69) is 21.3 Å². The van der Waals surface area contributed by atoms with Gasteiger partial charge < -0.3 is 4.74 Å². The molecule has 2 aromatic heterocycles. The van der Waals surface area contributed by atoms with Gasteiger partial charge in [-0.3, -0.25) is 14.7 Å². The van der Waals surface area contributed by atoms with Gasteiger partial charge in [0.2, 0.25) is 0 Å². The minimum Gasteiger partial charge on any atom is -0.371 e. The molecule has 0 unspecified atom stereocenters. The molecule has 3 rings (SSSR count). The largest absolute Gasteiger partial charge is 0.371 e. The van der Waals surface area contributed by atoms with Gasteiger partial charge in [-0.05, 0) is 30.0 Å². The van der Waals surface area contributed by atoms with E-state index in [0.29, 0.717) is 0 Å². The van der Waals surface area contributed by atoms with Crippen LogP contribution in [0.3, 0.4) is 0 Å². The van der Waals surface area contributed by atoms with Gasteiger partial charge in [0.25, 0.3) is 0 Å². The Morgan fingerprint density at radius 1 is 1.57 bits per heavy atom. The van der Waals surface area contributed by atoms with Gasteiger partial charge in [0.15, 0.2) is 5.78 Å². The smallest absolute Gasteiger partial charge is 0.169 e. The molecule has 2 aromatic rings. The first-order valence-corrected chi connectivity index (χ1v) is 7.92. The molecule has 5 heteroatoms. The van der Waals surface area contributed by atoms with E-state index in [0.717, 1.165) is 36.7 Å². The lowest BCUT2D eigenvalue weighted by atomic mass is 10.1. The van der Waals surface area contributed by atoms with Crippen LogP contribution in [0, 0.1) is 0 Å². The van der Waals surface area contributed by atoms with Crippen molar-refractivity contribution >= 4 is 17.1 Å². The lowest BCUT2D eigenvalue weighted by Gasteiger charge is -2.32. The Hall–Kier alpha value is -1.56. The second-order valence-corrected chi connectivity index (χ2v) is 6.17. The summed E-state index contributed by atoms with van der Waals surface area (Å²) in [6, 6.07) is 6.00. The first kappa shape index (κ1) is 14.4. The highest BCUT2D eigenvalue weighted by Crippen LogP contribution is 2.24. The molecule has 110 valence electrons. The van der Waals surface area contributed by atoms with Crippen molar-refractivity contribution in [1.29, 1.82) is 0 Å². The van der Waals surface area contributed by atoms with E-state index < -0.39 is 0 Å². The van der Waals surface area contributed by atoms with Gasteiger partial charge in [0.05, 0.1) is 17.6 Å². The van der Waals surface area contributed by atoms with Gasteiger partial charge in [-0.25, -0.2) is 0 Å². The molecule has 0 spiro atoms. The molecule has 0 radical (unpaired) electrons. The maximum Gasteiger partial charge on any atom is 0.169 e. The number of rotatable bonds is 4. The number of thiophene rings is 1. The van der Waals surface area contributed by atoms with Crippen molar-refractivity contribution in [2.75, 3.05) is 19.7 Å². The summed E-state index contributed by atoms with van der Waals surface area (Å²) >= 11 is 1.53. The molecule has 1 atom stereocenters. The Morgan fingerprint density at radius 2 is 2.48 bits per heavy atom. The van der Waals surface area contributed by atoms with Gasteiger partial charge in [0.1, 0.15) is 0 Å². The third kappa shape index (κ3) is 3.56. The average molecular weight is 302 g/mol. The van der Waals surface area contributed by atoms with E-state index in [1.165, 1.54) is 16.9 Å². The van der Waals surface area contributed by atoms with Crippen molar-refractivity contribution in [3.8, 4) is 0 Å². The highest BCUT2D eigenvalue weighted by molar-refractivity contribution is 7.12. The molecule has 3 heterocycles. The third-order valence-corrected chi connectivity index (χ3v) is 4.69. The van der Waals surface area contributed by atoms with Gasteiger partial charge >= 0.3 is 0 Å². The molecule has 4 nitrogen and oxygen atoms in total. The highest BCUT2D eigenvalue weighted by atomic mass is 32.1. The van der Waals surface area contributed by atoms with Gasteiger partial charge in [0, 0.05) is 37.6 Å². The average Bonchev–Trinajstić information content (AvgIpc) is 2.97. The number of ketones is 1. The van der Waals surface area contributed by atoms with Crippen molar-refractivity contribution in [1.82, 2.24) is 9.88 Å². The van der Waals surface area contributed by atoms with E-state index in [4.69, 9.17) is 4.74 Å². The zero-order chi connectivity index (χ0) is 14.7. The molecule has 21 heavy (non-hydrogen) atoms. The molecule has 0 amide bonds. The summed E-state index contributed by atoms with van der Waals surface area (Å²) in [5.41, 5.74) is 2.33. The first-order valence-electron chi connectivity index (χ1n) is 7.04. The summed E-state index contributed by atoms with van der Waals surface area (Å²) < 4.78 is 5.84. The fourth-order valence-corrected chi connectivity index (χ4v) is 3.32. The quantitative estimate of drug-likeness (QED) is 0.814. The predicted molar refractivity (Wildman–Crippen MR) is 82.5 cm³/mol. The topological polar surface area (TPSA) is 42.4 Å². The van der Waals surface area contributed by atoms with Crippen LogP contribution < -0.4 is 0 Å². The summed E-state index contributed by atoms with van der Waals surface area (Å²) in [6.07, 6.45) is 3.73. The van der Waals surface area contributed by atoms with Gasteiger partial charge in [-0.2, -0.15) is 0 Å². The normalized spacial score (nSPS) is 19.6. The van der Waals surface area contributed by atoms with Gasteiger partial charge in [-0.15, -0.1) is 11.3 Å². The number of hydrogen-bond acceptors (Lipinski definition) is 5. The number of ether oxygens (including phenoxy) is 1. The number of morpholine rings is 1. The molecule has 1 fully saturated rings.